The van der Waals surface area contributed by atoms with E-state index in [0.29, 0.717) is 0 Å². The SMILES string of the molecule is O=C(N/N=C\c1ccccc1Br)c1ccccc1N(Cc1ccccc1)S(=O)(=O)c1ccccc1. The minimum absolute atomic E-state index is 0.0581. The highest BCUT2D eigenvalue weighted by Gasteiger charge is 2.28. The van der Waals surface area contributed by atoms with Crippen molar-refractivity contribution >= 4 is 43.8 Å². The number of amides is 1. The lowest BCUT2D eigenvalue weighted by Crippen LogP contribution is -2.33. The van der Waals surface area contributed by atoms with E-state index in [9.17, 15) is 13.2 Å². The van der Waals surface area contributed by atoms with Gasteiger partial charge in [-0.25, -0.2) is 13.8 Å². The van der Waals surface area contributed by atoms with E-state index < -0.39 is 15.9 Å². The zero-order valence-electron chi connectivity index (χ0n) is 18.6. The molecule has 0 aromatic heterocycles. The largest absolute Gasteiger partial charge is 0.273 e. The van der Waals surface area contributed by atoms with Gasteiger partial charge in [-0.05, 0) is 35.9 Å². The van der Waals surface area contributed by atoms with Crippen molar-refractivity contribution in [3.05, 3.63) is 130 Å². The zero-order valence-corrected chi connectivity index (χ0v) is 21.0. The number of carbonyl (C=O) groups is 1. The van der Waals surface area contributed by atoms with Gasteiger partial charge in [0.1, 0.15) is 0 Å². The Morgan fingerprint density at radius 1 is 0.829 bits per heavy atom. The molecular formula is C27H22BrN3O3S. The van der Waals surface area contributed by atoms with Crippen LogP contribution in [-0.2, 0) is 16.6 Å². The topological polar surface area (TPSA) is 78.8 Å². The van der Waals surface area contributed by atoms with E-state index in [4.69, 9.17) is 0 Å². The molecule has 0 unspecified atom stereocenters. The first-order valence-corrected chi connectivity index (χ1v) is 13.0. The highest BCUT2D eigenvalue weighted by atomic mass is 79.9. The molecule has 0 saturated heterocycles. The molecule has 0 fully saturated rings. The van der Waals surface area contributed by atoms with Crippen LogP contribution in [0.5, 0.6) is 0 Å². The van der Waals surface area contributed by atoms with Gasteiger partial charge in [-0.2, -0.15) is 5.10 Å². The van der Waals surface area contributed by atoms with Crippen LogP contribution in [0.1, 0.15) is 21.5 Å². The molecule has 8 heteroatoms. The molecule has 0 heterocycles. The third kappa shape index (κ3) is 5.85. The molecule has 6 nitrogen and oxygen atoms in total. The molecule has 0 radical (unpaired) electrons. The summed E-state index contributed by atoms with van der Waals surface area (Å²) in [5.41, 5.74) is 4.54. The Balaban J connectivity index is 1.70. The molecule has 4 aromatic rings. The van der Waals surface area contributed by atoms with Crippen molar-refractivity contribution < 1.29 is 13.2 Å². The fraction of sp³-hybridized carbons (Fsp3) is 0.0370. The molecule has 1 amide bonds. The summed E-state index contributed by atoms with van der Waals surface area (Å²) in [5, 5.41) is 4.06. The number of nitrogens with one attached hydrogen (secondary N) is 1. The zero-order chi connectivity index (χ0) is 24.7. The molecule has 4 aromatic carbocycles. The van der Waals surface area contributed by atoms with Crippen LogP contribution in [0.25, 0.3) is 0 Å². The number of hydrazone groups is 1. The van der Waals surface area contributed by atoms with Gasteiger partial charge in [-0.1, -0.05) is 94.8 Å². The summed E-state index contributed by atoms with van der Waals surface area (Å²) >= 11 is 3.44. The van der Waals surface area contributed by atoms with Gasteiger partial charge >= 0.3 is 0 Å². The fourth-order valence-corrected chi connectivity index (χ4v) is 5.33. The lowest BCUT2D eigenvalue weighted by atomic mass is 10.1. The summed E-state index contributed by atoms with van der Waals surface area (Å²) in [4.78, 5) is 13.2. The van der Waals surface area contributed by atoms with Gasteiger partial charge in [-0.3, -0.25) is 9.10 Å². The minimum atomic E-state index is -3.97. The van der Waals surface area contributed by atoms with E-state index in [0.717, 1.165) is 15.6 Å². The Labute approximate surface area is 213 Å². The standard InChI is InChI=1S/C27H22BrN3O3S/c28-25-17-9-7-13-22(25)19-29-30-27(32)24-16-8-10-18-26(24)31(20-21-11-3-1-4-12-21)35(33,34)23-14-5-2-6-15-23/h1-19H,20H2,(H,30,32)/b29-19-. The molecule has 4 rings (SSSR count). The number of rotatable bonds is 8. The Morgan fingerprint density at radius 2 is 1.43 bits per heavy atom. The average molecular weight is 548 g/mol. The molecule has 0 aliphatic carbocycles. The highest BCUT2D eigenvalue weighted by molar-refractivity contribution is 9.10. The van der Waals surface area contributed by atoms with Gasteiger partial charge < -0.3 is 0 Å². The Kier molecular flexibility index (Phi) is 7.74. The number of hydrogen-bond acceptors (Lipinski definition) is 4. The quantitative estimate of drug-likeness (QED) is 0.230. The first-order valence-electron chi connectivity index (χ1n) is 10.8. The molecule has 0 atom stereocenters. The Bertz CT molecular complexity index is 1440. The van der Waals surface area contributed by atoms with Crippen molar-refractivity contribution in [1.29, 1.82) is 0 Å². The summed E-state index contributed by atoms with van der Waals surface area (Å²) < 4.78 is 29.5. The summed E-state index contributed by atoms with van der Waals surface area (Å²) in [5.74, 6) is -0.523. The molecule has 0 aliphatic rings. The normalized spacial score (nSPS) is 11.3. The molecular weight excluding hydrogens is 526 g/mol. The molecule has 35 heavy (non-hydrogen) atoms. The Hall–Kier alpha value is -3.75. The summed E-state index contributed by atoms with van der Waals surface area (Å²) in [7, 11) is -3.97. The van der Waals surface area contributed by atoms with Crippen LogP contribution in [-0.4, -0.2) is 20.5 Å². The average Bonchev–Trinajstić information content (AvgIpc) is 2.89. The minimum Gasteiger partial charge on any atom is -0.267 e. The van der Waals surface area contributed by atoms with Crippen molar-refractivity contribution in [3.63, 3.8) is 0 Å². The van der Waals surface area contributed by atoms with E-state index >= 15 is 0 Å². The number of hydrogen-bond donors (Lipinski definition) is 1. The molecule has 0 bridgehead atoms. The van der Waals surface area contributed by atoms with Crippen LogP contribution in [0.4, 0.5) is 5.69 Å². The number of halogens is 1. The first kappa shape index (κ1) is 24.4. The smallest absolute Gasteiger partial charge is 0.267 e. The van der Waals surface area contributed by atoms with Gasteiger partial charge in [-0.15, -0.1) is 0 Å². The number of para-hydroxylation sites is 1. The number of carbonyl (C=O) groups excluding carboxylic acids is 1. The second kappa shape index (κ2) is 11.1. The Morgan fingerprint density at radius 3 is 2.14 bits per heavy atom. The van der Waals surface area contributed by atoms with Crippen LogP contribution in [0.3, 0.4) is 0 Å². The second-order valence-corrected chi connectivity index (χ2v) is 10.3. The molecule has 0 saturated carbocycles. The molecule has 0 spiro atoms. The van der Waals surface area contributed by atoms with Crippen molar-refractivity contribution in [1.82, 2.24) is 5.43 Å². The van der Waals surface area contributed by atoms with Crippen LogP contribution in [0, 0.1) is 0 Å². The van der Waals surface area contributed by atoms with Crippen LogP contribution < -0.4 is 9.73 Å². The van der Waals surface area contributed by atoms with Gasteiger partial charge in [0, 0.05) is 10.0 Å². The second-order valence-electron chi connectivity index (χ2n) is 7.55. The lowest BCUT2D eigenvalue weighted by Gasteiger charge is -2.26. The van der Waals surface area contributed by atoms with E-state index in [2.05, 4.69) is 26.5 Å². The summed E-state index contributed by atoms with van der Waals surface area (Å²) in [6.07, 6.45) is 1.52. The van der Waals surface area contributed by atoms with Crippen LogP contribution in [0.15, 0.2) is 124 Å². The van der Waals surface area contributed by atoms with Crippen molar-refractivity contribution in [3.8, 4) is 0 Å². The summed E-state index contributed by atoms with van der Waals surface area (Å²) in [6, 6.07) is 31.5. The van der Waals surface area contributed by atoms with Crippen molar-refractivity contribution in [2.45, 2.75) is 11.4 Å². The fourth-order valence-electron chi connectivity index (χ4n) is 3.45. The van der Waals surface area contributed by atoms with E-state index in [1.165, 1.54) is 22.7 Å². The number of anilines is 1. The van der Waals surface area contributed by atoms with Crippen molar-refractivity contribution in [2.75, 3.05) is 4.31 Å². The van der Waals surface area contributed by atoms with E-state index in [1.54, 1.807) is 42.5 Å². The maximum absolute atomic E-state index is 13.7. The van der Waals surface area contributed by atoms with E-state index in [-0.39, 0.29) is 22.7 Å². The first-order chi connectivity index (χ1) is 17.0. The van der Waals surface area contributed by atoms with Gasteiger partial charge in [0.25, 0.3) is 15.9 Å². The van der Waals surface area contributed by atoms with Gasteiger partial charge in [0.05, 0.1) is 28.9 Å². The number of benzene rings is 4. The number of sulfonamides is 1. The maximum atomic E-state index is 13.7. The lowest BCUT2D eigenvalue weighted by molar-refractivity contribution is 0.0956. The monoisotopic (exact) mass is 547 g/mol. The predicted octanol–water partition coefficient (Wildman–Crippen LogP) is 5.61. The van der Waals surface area contributed by atoms with Crippen LogP contribution >= 0.6 is 15.9 Å². The molecule has 176 valence electrons. The summed E-state index contributed by atoms with van der Waals surface area (Å²) in [6.45, 7) is 0.0581. The third-order valence-electron chi connectivity index (χ3n) is 5.19. The third-order valence-corrected chi connectivity index (χ3v) is 7.69. The van der Waals surface area contributed by atoms with Gasteiger partial charge in [0.15, 0.2) is 0 Å². The molecule has 0 aliphatic heterocycles. The predicted molar refractivity (Wildman–Crippen MR) is 142 cm³/mol. The van der Waals surface area contributed by atoms with E-state index in [1.807, 2.05) is 54.6 Å². The highest BCUT2D eigenvalue weighted by Crippen LogP contribution is 2.29. The molecule has 1 N–H and O–H groups in total. The van der Waals surface area contributed by atoms with Crippen molar-refractivity contribution in [2.24, 2.45) is 5.10 Å². The number of nitrogens with zero attached hydrogens (tertiary/aromatic N) is 2. The maximum Gasteiger partial charge on any atom is 0.273 e. The van der Waals surface area contributed by atoms with Gasteiger partial charge in [0.2, 0.25) is 0 Å². The van der Waals surface area contributed by atoms with Crippen LogP contribution in [0.2, 0.25) is 0 Å².